The van der Waals surface area contributed by atoms with E-state index in [2.05, 4.69) is 38.0 Å². The van der Waals surface area contributed by atoms with Crippen molar-refractivity contribution in [1.82, 2.24) is 10.2 Å². The third-order valence-electron chi connectivity index (χ3n) is 5.59. The highest BCUT2D eigenvalue weighted by Crippen LogP contribution is 2.40. The van der Waals surface area contributed by atoms with Crippen LogP contribution in [0, 0.1) is 16.7 Å². The molecule has 0 atom stereocenters. The van der Waals surface area contributed by atoms with Crippen molar-refractivity contribution in [2.45, 2.75) is 59.3 Å². The largest absolute Gasteiger partial charge is 0.319 e. The summed E-state index contributed by atoms with van der Waals surface area (Å²) >= 11 is 0. The molecule has 1 aliphatic carbocycles. The van der Waals surface area contributed by atoms with Crippen LogP contribution in [0.3, 0.4) is 0 Å². The van der Waals surface area contributed by atoms with Crippen molar-refractivity contribution in [3.8, 4) is 0 Å². The molecule has 1 aliphatic heterocycles. The average Bonchev–Trinajstić information content (AvgIpc) is 2.77. The molecule has 0 aromatic carbocycles. The lowest BCUT2D eigenvalue weighted by Gasteiger charge is -2.42. The number of nitrogens with zero attached hydrogens (tertiary/aromatic N) is 1. The molecule has 0 radical (unpaired) electrons. The molecule has 0 spiro atoms. The first kappa shape index (κ1) is 15.3. The molecule has 2 fully saturated rings. The zero-order valence-electron chi connectivity index (χ0n) is 13.6. The molecule has 2 aliphatic rings. The number of rotatable bonds is 4. The molecule has 2 nitrogen and oxygen atoms in total. The van der Waals surface area contributed by atoms with Gasteiger partial charge in [-0.25, -0.2) is 0 Å². The Morgan fingerprint density at radius 2 is 1.68 bits per heavy atom. The molecular formula is C17H34N2. The molecule has 0 aromatic heterocycles. The van der Waals surface area contributed by atoms with Gasteiger partial charge in [0.2, 0.25) is 0 Å². The lowest BCUT2D eigenvalue weighted by Crippen LogP contribution is -2.46. The van der Waals surface area contributed by atoms with E-state index in [1.807, 2.05) is 0 Å². The lowest BCUT2D eigenvalue weighted by molar-refractivity contribution is 0.0756. The van der Waals surface area contributed by atoms with Crippen molar-refractivity contribution < 1.29 is 0 Å². The molecule has 1 N–H and O–H groups in total. The van der Waals surface area contributed by atoms with Crippen LogP contribution in [0.15, 0.2) is 0 Å². The smallest absolute Gasteiger partial charge is 0.00501 e. The van der Waals surface area contributed by atoms with Crippen LogP contribution in [0.5, 0.6) is 0 Å². The molecule has 112 valence electrons. The van der Waals surface area contributed by atoms with E-state index in [1.165, 1.54) is 64.7 Å². The van der Waals surface area contributed by atoms with Crippen LogP contribution >= 0.6 is 0 Å². The Morgan fingerprint density at radius 1 is 1.11 bits per heavy atom. The number of nitrogens with one attached hydrogen (secondary N) is 1. The maximum atomic E-state index is 3.45. The van der Waals surface area contributed by atoms with Gasteiger partial charge in [0.15, 0.2) is 0 Å². The summed E-state index contributed by atoms with van der Waals surface area (Å²) in [4.78, 5) is 2.75. The van der Waals surface area contributed by atoms with Crippen molar-refractivity contribution in [2.75, 3.05) is 33.2 Å². The summed E-state index contributed by atoms with van der Waals surface area (Å²) in [6, 6.07) is 0. The van der Waals surface area contributed by atoms with E-state index >= 15 is 0 Å². The SMILES string of the molecule is CNCC1(CN2CCC(C(C)(C)C)CC2)CCCC1. The van der Waals surface area contributed by atoms with Gasteiger partial charge in [-0.3, -0.25) is 0 Å². The molecule has 1 saturated heterocycles. The second-order valence-corrected chi connectivity index (χ2v) is 8.15. The van der Waals surface area contributed by atoms with Crippen LogP contribution < -0.4 is 5.32 Å². The Morgan fingerprint density at radius 3 is 2.16 bits per heavy atom. The van der Waals surface area contributed by atoms with Gasteiger partial charge in [-0.1, -0.05) is 33.6 Å². The molecule has 0 amide bonds. The Balaban J connectivity index is 1.84. The zero-order chi connectivity index (χ0) is 13.9. The van der Waals surface area contributed by atoms with Crippen LogP contribution in [0.25, 0.3) is 0 Å². The Bertz CT molecular complexity index is 265. The fraction of sp³-hybridized carbons (Fsp3) is 1.00. The normalized spacial score (nSPS) is 25.9. The molecule has 1 saturated carbocycles. The van der Waals surface area contributed by atoms with Crippen molar-refractivity contribution in [3.63, 3.8) is 0 Å². The minimum atomic E-state index is 0.502. The van der Waals surface area contributed by atoms with E-state index in [4.69, 9.17) is 0 Å². The topological polar surface area (TPSA) is 15.3 Å². The summed E-state index contributed by atoms with van der Waals surface area (Å²) in [5.74, 6) is 0.924. The highest BCUT2D eigenvalue weighted by molar-refractivity contribution is 4.91. The van der Waals surface area contributed by atoms with E-state index in [9.17, 15) is 0 Å². The average molecular weight is 266 g/mol. The van der Waals surface area contributed by atoms with E-state index < -0.39 is 0 Å². The highest BCUT2D eigenvalue weighted by Gasteiger charge is 2.36. The van der Waals surface area contributed by atoms with Gasteiger partial charge in [-0.2, -0.15) is 0 Å². The lowest BCUT2D eigenvalue weighted by atomic mass is 9.75. The third kappa shape index (κ3) is 3.95. The monoisotopic (exact) mass is 266 g/mol. The minimum Gasteiger partial charge on any atom is -0.319 e. The van der Waals surface area contributed by atoms with Crippen LogP contribution in [0.4, 0.5) is 0 Å². The summed E-state index contributed by atoms with van der Waals surface area (Å²) in [5.41, 5.74) is 1.09. The highest BCUT2D eigenvalue weighted by atomic mass is 15.1. The van der Waals surface area contributed by atoms with Crippen molar-refractivity contribution >= 4 is 0 Å². The zero-order valence-corrected chi connectivity index (χ0v) is 13.6. The molecule has 0 bridgehead atoms. The summed E-state index contributed by atoms with van der Waals surface area (Å²) in [5, 5.41) is 3.45. The molecule has 2 heteroatoms. The number of piperidine rings is 1. The van der Waals surface area contributed by atoms with Gasteiger partial charge in [0, 0.05) is 13.1 Å². The molecular weight excluding hydrogens is 232 g/mol. The van der Waals surface area contributed by atoms with Gasteiger partial charge in [0.25, 0.3) is 0 Å². The third-order valence-corrected chi connectivity index (χ3v) is 5.59. The van der Waals surface area contributed by atoms with Gasteiger partial charge in [-0.05, 0) is 62.6 Å². The second-order valence-electron chi connectivity index (χ2n) is 8.15. The van der Waals surface area contributed by atoms with Crippen LogP contribution in [0.1, 0.15) is 59.3 Å². The van der Waals surface area contributed by atoms with E-state index in [0.717, 1.165) is 5.92 Å². The minimum absolute atomic E-state index is 0.502. The van der Waals surface area contributed by atoms with Gasteiger partial charge in [0.05, 0.1) is 0 Å². The number of likely N-dealkylation sites (tertiary alicyclic amines) is 1. The molecule has 0 unspecified atom stereocenters. The van der Waals surface area contributed by atoms with E-state index in [1.54, 1.807) is 0 Å². The Kier molecular flexibility index (Phi) is 4.94. The molecule has 1 heterocycles. The predicted molar refractivity (Wildman–Crippen MR) is 83.4 cm³/mol. The summed E-state index contributed by atoms with van der Waals surface area (Å²) < 4.78 is 0. The van der Waals surface area contributed by atoms with Crippen LogP contribution in [-0.4, -0.2) is 38.1 Å². The van der Waals surface area contributed by atoms with Gasteiger partial charge in [-0.15, -0.1) is 0 Å². The number of hydrogen-bond donors (Lipinski definition) is 1. The van der Waals surface area contributed by atoms with Crippen molar-refractivity contribution in [3.05, 3.63) is 0 Å². The van der Waals surface area contributed by atoms with Gasteiger partial charge in [0.1, 0.15) is 0 Å². The fourth-order valence-corrected chi connectivity index (χ4v) is 4.32. The molecule has 0 aromatic rings. The molecule has 2 rings (SSSR count). The first-order valence-electron chi connectivity index (χ1n) is 8.32. The molecule has 19 heavy (non-hydrogen) atoms. The van der Waals surface area contributed by atoms with Gasteiger partial charge < -0.3 is 10.2 Å². The van der Waals surface area contributed by atoms with Gasteiger partial charge >= 0.3 is 0 Å². The summed E-state index contributed by atoms with van der Waals surface area (Å²) in [6.07, 6.45) is 8.57. The Labute approximate surface area is 120 Å². The maximum Gasteiger partial charge on any atom is 0.00501 e. The number of hydrogen-bond acceptors (Lipinski definition) is 2. The van der Waals surface area contributed by atoms with Crippen molar-refractivity contribution in [1.29, 1.82) is 0 Å². The summed E-state index contributed by atoms with van der Waals surface area (Å²) in [6.45, 7) is 12.4. The first-order valence-corrected chi connectivity index (χ1v) is 8.32. The standard InChI is InChI=1S/C17H34N2/c1-16(2,3)15-7-11-19(12-8-15)14-17(13-18-4)9-5-6-10-17/h15,18H,5-14H2,1-4H3. The quantitative estimate of drug-likeness (QED) is 0.837. The van der Waals surface area contributed by atoms with E-state index in [0.29, 0.717) is 10.8 Å². The summed E-state index contributed by atoms with van der Waals surface area (Å²) in [7, 11) is 2.12. The fourth-order valence-electron chi connectivity index (χ4n) is 4.32. The predicted octanol–water partition coefficient (Wildman–Crippen LogP) is 3.52. The van der Waals surface area contributed by atoms with E-state index in [-0.39, 0.29) is 0 Å². The van der Waals surface area contributed by atoms with Crippen LogP contribution in [-0.2, 0) is 0 Å². The first-order chi connectivity index (χ1) is 8.95. The second kappa shape index (κ2) is 6.13. The van der Waals surface area contributed by atoms with Crippen LogP contribution in [0.2, 0.25) is 0 Å². The maximum absolute atomic E-state index is 3.45. The Hall–Kier alpha value is -0.0800. The van der Waals surface area contributed by atoms with Crippen molar-refractivity contribution in [2.24, 2.45) is 16.7 Å².